The van der Waals surface area contributed by atoms with Crippen molar-refractivity contribution in [1.29, 1.82) is 0 Å². The minimum absolute atomic E-state index is 0.138. The van der Waals surface area contributed by atoms with Gasteiger partial charge in [0.05, 0.1) is 9.90 Å². The molecule has 114 valence electrons. The maximum absolute atomic E-state index is 13.2. The van der Waals surface area contributed by atoms with Gasteiger partial charge in [-0.05, 0) is 24.6 Å². The van der Waals surface area contributed by atoms with Crippen LogP contribution in [0, 0.1) is 11.6 Å². The summed E-state index contributed by atoms with van der Waals surface area (Å²) in [6, 6.07) is 2.54. The van der Waals surface area contributed by atoms with Gasteiger partial charge in [0, 0.05) is 24.7 Å². The van der Waals surface area contributed by atoms with E-state index in [1.807, 2.05) is 6.92 Å². The lowest BCUT2D eigenvalue weighted by atomic mass is 10.3. The Kier molecular flexibility index (Phi) is 4.70. The predicted molar refractivity (Wildman–Crippen MR) is 76.5 cm³/mol. The van der Waals surface area contributed by atoms with Crippen molar-refractivity contribution in [3.05, 3.63) is 45.9 Å². The largest absolute Gasteiger partial charge is 0.249 e. The van der Waals surface area contributed by atoms with Gasteiger partial charge in [0.25, 0.3) is 0 Å². The standard InChI is InChI=1S/C13H14F2N2O2S2/c1-3-13-16-7-9(20-13)8-17(2)21(18,19)10-4-5-11(14)12(15)6-10/h4-7H,3,8H2,1-2H3. The molecule has 0 aliphatic heterocycles. The van der Waals surface area contributed by atoms with Crippen LogP contribution < -0.4 is 0 Å². The van der Waals surface area contributed by atoms with Crippen molar-refractivity contribution in [2.45, 2.75) is 24.8 Å². The third-order valence-corrected chi connectivity index (χ3v) is 5.81. The number of aromatic nitrogens is 1. The molecule has 4 nitrogen and oxygen atoms in total. The smallest absolute Gasteiger partial charge is 0.243 e. The van der Waals surface area contributed by atoms with E-state index in [0.717, 1.165) is 32.7 Å². The number of sulfonamides is 1. The second kappa shape index (κ2) is 6.17. The van der Waals surface area contributed by atoms with Crippen LogP contribution in [-0.4, -0.2) is 24.8 Å². The van der Waals surface area contributed by atoms with E-state index >= 15 is 0 Å². The molecule has 0 bridgehead atoms. The zero-order valence-electron chi connectivity index (χ0n) is 11.5. The molecule has 0 aliphatic rings. The molecule has 0 fully saturated rings. The molecule has 0 saturated carbocycles. The zero-order valence-corrected chi connectivity index (χ0v) is 13.1. The van der Waals surface area contributed by atoms with Crippen LogP contribution >= 0.6 is 11.3 Å². The Labute approximate surface area is 126 Å². The molecule has 0 aliphatic carbocycles. The number of hydrogen-bond acceptors (Lipinski definition) is 4. The first-order valence-electron chi connectivity index (χ1n) is 6.19. The van der Waals surface area contributed by atoms with E-state index in [2.05, 4.69) is 4.98 Å². The van der Waals surface area contributed by atoms with E-state index in [0.29, 0.717) is 6.07 Å². The molecule has 21 heavy (non-hydrogen) atoms. The summed E-state index contributed by atoms with van der Waals surface area (Å²) in [7, 11) is -2.48. The Morgan fingerprint density at radius 2 is 2.00 bits per heavy atom. The molecule has 1 aromatic carbocycles. The van der Waals surface area contributed by atoms with Crippen LogP contribution in [0.5, 0.6) is 0 Å². The van der Waals surface area contributed by atoms with Crippen molar-refractivity contribution in [3.8, 4) is 0 Å². The second-order valence-electron chi connectivity index (χ2n) is 4.41. The summed E-state index contributed by atoms with van der Waals surface area (Å²) < 4.78 is 51.8. The molecule has 2 rings (SSSR count). The average Bonchev–Trinajstić information content (AvgIpc) is 2.89. The first kappa shape index (κ1) is 16.0. The molecule has 0 amide bonds. The van der Waals surface area contributed by atoms with E-state index in [1.54, 1.807) is 6.20 Å². The van der Waals surface area contributed by atoms with E-state index in [1.165, 1.54) is 18.4 Å². The Hall–Kier alpha value is -1.38. The van der Waals surface area contributed by atoms with Crippen molar-refractivity contribution in [3.63, 3.8) is 0 Å². The maximum atomic E-state index is 13.2. The molecule has 1 heterocycles. The van der Waals surface area contributed by atoms with Crippen LogP contribution in [0.3, 0.4) is 0 Å². The van der Waals surface area contributed by atoms with E-state index in [-0.39, 0.29) is 11.4 Å². The number of halogens is 2. The minimum Gasteiger partial charge on any atom is -0.249 e. The topological polar surface area (TPSA) is 50.3 Å². The summed E-state index contributed by atoms with van der Waals surface area (Å²) in [5, 5.41) is 0.920. The highest BCUT2D eigenvalue weighted by Crippen LogP contribution is 2.21. The molecular formula is C13H14F2N2O2S2. The van der Waals surface area contributed by atoms with Gasteiger partial charge < -0.3 is 0 Å². The molecule has 0 radical (unpaired) electrons. The number of hydrogen-bond donors (Lipinski definition) is 0. The fourth-order valence-electron chi connectivity index (χ4n) is 1.71. The molecule has 0 atom stereocenters. The molecule has 8 heteroatoms. The van der Waals surface area contributed by atoms with Crippen LogP contribution in [0.4, 0.5) is 8.78 Å². The summed E-state index contributed by atoms with van der Waals surface area (Å²) in [5.41, 5.74) is 0. The van der Waals surface area contributed by atoms with Crippen molar-refractivity contribution in [2.24, 2.45) is 0 Å². The normalized spacial score (nSPS) is 12.0. The number of thiazole rings is 1. The third-order valence-electron chi connectivity index (χ3n) is 2.88. The van der Waals surface area contributed by atoms with Crippen LogP contribution in [0.15, 0.2) is 29.3 Å². The fourth-order valence-corrected chi connectivity index (χ4v) is 3.87. The van der Waals surface area contributed by atoms with Crippen LogP contribution in [-0.2, 0) is 23.0 Å². The van der Waals surface area contributed by atoms with Crippen molar-refractivity contribution in [1.82, 2.24) is 9.29 Å². The molecule has 0 unspecified atom stereocenters. The van der Waals surface area contributed by atoms with Crippen molar-refractivity contribution in [2.75, 3.05) is 7.05 Å². The quantitative estimate of drug-likeness (QED) is 0.846. The molecule has 1 aromatic heterocycles. The molecule has 0 N–H and O–H groups in total. The lowest BCUT2D eigenvalue weighted by Crippen LogP contribution is -2.26. The van der Waals surface area contributed by atoms with Gasteiger partial charge in [-0.2, -0.15) is 4.31 Å². The highest BCUT2D eigenvalue weighted by molar-refractivity contribution is 7.89. The average molecular weight is 332 g/mol. The first-order chi connectivity index (χ1) is 9.84. The summed E-state index contributed by atoms with van der Waals surface area (Å²) in [6.07, 6.45) is 2.41. The van der Waals surface area contributed by atoms with Crippen LogP contribution in [0.25, 0.3) is 0 Å². The van der Waals surface area contributed by atoms with Crippen molar-refractivity contribution < 1.29 is 17.2 Å². The Balaban J connectivity index is 2.23. The molecule has 2 aromatic rings. The zero-order chi connectivity index (χ0) is 15.6. The van der Waals surface area contributed by atoms with Gasteiger partial charge in [0.1, 0.15) is 0 Å². The number of benzene rings is 1. The predicted octanol–water partition coefficient (Wildman–Crippen LogP) is 2.80. The third kappa shape index (κ3) is 3.45. The highest BCUT2D eigenvalue weighted by atomic mass is 32.2. The van der Waals surface area contributed by atoms with Crippen LogP contribution in [0.2, 0.25) is 0 Å². The summed E-state index contributed by atoms with van der Waals surface area (Å²) >= 11 is 1.43. The number of aryl methyl sites for hydroxylation is 1. The number of rotatable bonds is 5. The molecule has 0 saturated heterocycles. The van der Waals surface area contributed by atoms with Crippen LogP contribution in [0.1, 0.15) is 16.8 Å². The molecular weight excluding hydrogens is 318 g/mol. The van der Waals surface area contributed by atoms with Gasteiger partial charge in [-0.15, -0.1) is 11.3 Å². The van der Waals surface area contributed by atoms with E-state index in [9.17, 15) is 17.2 Å². The lowest BCUT2D eigenvalue weighted by Gasteiger charge is -2.16. The lowest BCUT2D eigenvalue weighted by molar-refractivity contribution is 0.466. The van der Waals surface area contributed by atoms with E-state index < -0.39 is 21.7 Å². The van der Waals surface area contributed by atoms with Gasteiger partial charge in [0.2, 0.25) is 10.0 Å². The maximum Gasteiger partial charge on any atom is 0.243 e. The SMILES string of the molecule is CCc1ncc(CN(C)S(=O)(=O)c2ccc(F)c(F)c2)s1. The summed E-state index contributed by atoms with van der Waals surface area (Å²) in [4.78, 5) is 4.67. The highest BCUT2D eigenvalue weighted by Gasteiger charge is 2.23. The first-order valence-corrected chi connectivity index (χ1v) is 8.45. The Morgan fingerprint density at radius 3 is 2.57 bits per heavy atom. The molecule has 0 spiro atoms. The van der Waals surface area contributed by atoms with Gasteiger partial charge in [-0.1, -0.05) is 6.92 Å². The summed E-state index contributed by atoms with van der Waals surface area (Å²) in [6.45, 7) is 2.10. The summed E-state index contributed by atoms with van der Waals surface area (Å²) in [5.74, 6) is -2.26. The van der Waals surface area contributed by atoms with Gasteiger partial charge in [-0.25, -0.2) is 22.2 Å². The Bertz CT molecular complexity index is 744. The number of nitrogens with zero attached hydrogens (tertiary/aromatic N) is 2. The van der Waals surface area contributed by atoms with Crippen molar-refractivity contribution >= 4 is 21.4 Å². The van der Waals surface area contributed by atoms with Gasteiger partial charge >= 0.3 is 0 Å². The fraction of sp³-hybridized carbons (Fsp3) is 0.308. The second-order valence-corrected chi connectivity index (χ2v) is 7.66. The van der Waals surface area contributed by atoms with Gasteiger partial charge in [0.15, 0.2) is 11.6 Å². The monoisotopic (exact) mass is 332 g/mol. The minimum atomic E-state index is -3.87. The van der Waals surface area contributed by atoms with E-state index in [4.69, 9.17) is 0 Å². The Morgan fingerprint density at radius 1 is 1.29 bits per heavy atom. The van der Waals surface area contributed by atoms with Gasteiger partial charge in [-0.3, -0.25) is 0 Å².